The average Bonchev–Trinajstić information content (AvgIpc) is 3.26. The number of carbonyl (C=O) groups excluding carboxylic acids is 2. The Hall–Kier alpha value is -2.78. The van der Waals surface area contributed by atoms with Gasteiger partial charge in [0.2, 0.25) is 17.6 Å². The summed E-state index contributed by atoms with van der Waals surface area (Å²) in [5.74, 6) is 0.0956. The second kappa shape index (κ2) is 8.28. The van der Waals surface area contributed by atoms with E-state index in [-0.39, 0.29) is 18.2 Å². The van der Waals surface area contributed by atoms with Gasteiger partial charge in [0.1, 0.15) is 6.54 Å². The molecule has 0 saturated heterocycles. The summed E-state index contributed by atoms with van der Waals surface area (Å²) in [6.45, 7) is 1.76. The zero-order valence-corrected chi connectivity index (χ0v) is 15.9. The number of primary amides is 1. The molecule has 2 amide bonds. The predicted octanol–water partition coefficient (Wildman–Crippen LogP) is 2.72. The minimum atomic E-state index is -0.553. The normalized spacial score (nSPS) is 10.7. The molecule has 3 rings (SSSR count). The number of anilines is 1. The van der Waals surface area contributed by atoms with Gasteiger partial charge < -0.3 is 15.5 Å². The highest BCUT2D eigenvalue weighted by molar-refractivity contribution is 7.99. The van der Waals surface area contributed by atoms with E-state index >= 15 is 0 Å². The smallest absolute Gasteiger partial charge is 0.237 e. The van der Waals surface area contributed by atoms with Crippen LogP contribution in [0.4, 0.5) is 5.69 Å². The van der Waals surface area contributed by atoms with E-state index in [4.69, 9.17) is 21.8 Å². The van der Waals surface area contributed by atoms with Crippen LogP contribution in [0.15, 0.2) is 46.2 Å². The number of carbonyl (C=O) groups is 2. The molecule has 3 aromatic rings. The standard InChI is InChI=1S/C17H16ClN5O3S/c1-10-4-5-11(7-12(10)18)20-15(25)9-27-17-22-21-16(13-3-2-6-26-13)23(17)8-14(19)24/h2-7H,8-9H2,1H3,(H2,19,24)(H,20,25). The van der Waals surface area contributed by atoms with Crippen molar-refractivity contribution in [1.82, 2.24) is 14.8 Å². The van der Waals surface area contributed by atoms with Crippen molar-refractivity contribution in [2.45, 2.75) is 18.6 Å². The number of thioether (sulfide) groups is 1. The number of nitrogens with two attached hydrogens (primary N) is 1. The molecule has 0 aliphatic rings. The molecule has 2 aromatic heterocycles. The van der Waals surface area contributed by atoms with Gasteiger partial charge in [-0.3, -0.25) is 14.2 Å². The first kappa shape index (κ1) is 19.0. The second-order valence-corrected chi connectivity index (χ2v) is 6.99. The maximum Gasteiger partial charge on any atom is 0.237 e. The van der Waals surface area contributed by atoms with Crippen molar-refractivity contribution in [2.75, 3.05) is 11.1 Å². The Kier molecular flexibility index (Phi) is 5.82. The van der Waals surface area contributed by atoms with E-state index in [1.165, 1.54) is 10.8 Å². The summed E-state index contributed by atoms with van der Waals surface area (Å²) in [7, 11) is 0. The van der Waals surface area contributed by atoms with Crippen LogP contribution in [-0.2, 0) is 16.1 Å². The lowest BCUT2D eigenvalue weighted by atomic mass is 10.2. The van der Waals surface area contributed by atoms with Gasteiger partial charge in [0.15, 0.2) is 10.9 Å². The number of amides is 2. The predicted molar refractivity (Wildman–Crippen MR) is 102 cm³/mol. The number of nitrogens with zero attached hydrogens (tertiary/aromatic N) is 3. The van der Waals surface area contributed by atoms with E-state index in [9.17, 15) is 9.59 Å². The molecule has 1 aromatic carbocycles. The van der Waals surface area contributed by atoms with Gasteiger partial charge in [0.25, 0.3) is 0 Å². The summed E-state index contributed by atoms with van der Waals surface area (Å²) in [5, 5.41) is 11.8. The minimum absolute atomic E-state index is 0.0700. The number of hydrogen-bond donors (Lipinski definition) is 2. The number of aryl methyl sites for hydroxylation is 1. The number of rotatable bonds is 7. The fraction of sp³-hybridized carbons (Fsp3) is 0.176. The summed E-state index contributed by atoms with van der Waals surface area (Å²) in [6.07, 6.45) is 1.49. The van der Waals surface area contributed by atoms with Crippen LogP contribution in [0.25, 0.3) is 11.6 Å². The fourth-order valence-electron chi connectivity index (χ4n) is 2.28. The van der Waals surface area contributed by atoms with Crippen molar-refractivity contribution in [2.24, 2.45) is 5.73 Å². The van der Waals surface area contributed by atoms with E-state index in [0.29, 0.717) is 27.5 Å². The van der Waals surface area contributed by atoms with Crippen LogP contribution in [0.5, 0.6) is 0 Å². The average molecular weight is 406 g/mol. The molecule has 0 radical (unpaired) electrons. The molecule has 0 aliphatic carbocycles. The van der Waals surface area contributed by atoms with Crippen LogP contribution in [0, 0.1) is 6.92 Å². The van der Waals surface area contributed by atoms with Gasteiger partial charge >= 0.3 is 0 Å². The Bertz CT molecular complexity index is 971. The van der Waals surface area contributed by atoms with Gasteiger partial charge in [-0.25, -0.2) is 0 Å². The number of hydrogen-bond acceptors (Lipinski definition) is 6. The van der Waals surface area contributed by atoms with Crippen LogP contribution >= 0.6 is 23.4 Å². The first-order valence-corrected chi connectivity index (χ1v) is 9.24. The van der Waals surface area contributed by atoms with Crippen LogP contribution < -0.4 is 11.1 Å². The maximum atomic E-state index is 12.2. The third kappa shape index (κ3) is 4.69. The van der Waals surface area contributed by atoms with Crippen molar-refractivity contribution in [3.05, 3.63) is 47.2 Å². The molecule has 10 heteroatoms. The lowest BCUT2D eigenvalue weighted by molar-refractivity contribution is -0.118. The Labute approximate surface area is 164 Å². The summed E-state index contributed by atoms with van der Waals surface area (Å²) >= 11 is 7.20. The first-order valence-electron chi connectivity index (χ1n) is 7.88. The number of furan rings is 1. The quantitative estimate of drug-likeness (QED) is 0.584. The van der Waals surface area contributed by atoms with Crippen molar-refractivity contribution in [3.8, 4) is 11.6 Å². The van der Waals surface area contributed by atoms with Crippen LogP contribution in [0.1, 0.15) is 5.56 Å². The van der Waals surface area contributed by atoms with Gasteiger partial charge in [0.05, 0.1) is 12.0 Å². The van der Waals surface area contributed by atoms with Crippen molar-refractivity contribution >= 4 is 40.9 Å². The SMILES string of the molecule is Cc1ccc(NC(=O)CSc2nnc(-c3ccco3)n2CC(N)=O)cc1Cl. The maximum absolute atomic E-state index is 12.2. The third-order valence-corrected chi connectivity index (χ3v) is 4.93. The van der Waals surface area contributed by atoms with Gasteiger partial charge in [-0.05, 0) is 36.8 Å². The van der Waals surface area contributed by atoms with Crippen molar-refractivity contribution in [3.63, 3.8) is 0 Å². The molecule has 0 fully saturated rings. The zero-order valence-electron chi connectivity index (χ0n) is 14.3. The number of aromatic nitrogens is 3. The molecular weight excluding hydrogens is 390 g/mol. The third-order valence-electron chi connectivity index (χ3n) is 3.56. The molecule has 0 aliphatic heterocycles. The molecule has 27 heavy (non-hydrogen) atoms. The molecule has 0 spiro atoms. The Morgan fingerprint density at radius 3 is 2.81 bits per heavy atom. The van der Waals surface area contributed by atoms with Gasteiger partial charge in [0, 0.05) is 10.7 Å². The van der Waals surface area contributed by atoms with E-state index in [0.717, 1.165) is 17.3 Å². The fourth-order valence-corrected chi connectivity index (χ4v) is 3.20. The first-order chi connectivity index (χ1) is 12.9. The highest BCUT2D eigenvalue weighted by Gasteiger charge is 2.18. The van der Waals surface area contributed by atoms with E-state index < -0.39 is 5.91 Å². The number of benzene rings is 1. The summed E-state index contributed by atoms with van der Waals surface area (Å²) in [4.78, 5) is 23.6. The van der Waals surface area contributed by atoms with Crippen LogP contribution in [0.3, 0.4) is 0 Å². The second-order valence-electron chi connectivity index (χ2n) is 5.64. The molecular formula is C17H16ClN5O3S. The summed E-state index contributed by atoms with van der Waals surface area (Å²) < 4.78 is 6.82. The molecule has 3 N–H and O–H groups in total. The molecule has 0 bridgehead atoms. The zero-order chi connectivity index (χ0) is 19.4. The molecule has 8 nitrogen and oxygen atoms in total. The van der Waals surface area contributed by atoms with Crippen molar-refractivity contribution < 1.29 is 14.0 Å². The summed E-state index contributed by atoms with van der Waals surface area (Å²) in [6, 6.07) is 8.68. The Balaban J connectivity index is 1.70. The highest BCUT2D eigenvalue weighted by atomic mass is 35.5. The van der Waals surface area contributed by atoms with Crippen LogP contribution in [-0.4, -0.2) is 32.3 Å². The van der Waals surface area contributed by atoms with E-state index in [1.807, 2.05) is 13.0 Å². The minimum Gasteiger partial charge on any atom is -0.461 e. The van der Waals surface area contributed by atoms with E-state index in [1.54, 1.807) is 24.3 Å². The Morgan fingerprint density at radius 2 is 2.15 bits per heavy atom. The number of nitrogens with one attached hydrogen (secondary N) is 1. The Morgan fingerprint density at radius 1 is 1.33 bits per heavy atom. The largest absolute Gasteiger partial charge is 0.461 e. The van der Waals surface area contributed by atoms with Crippen molar-refractivity contribution in [1.29, 1.82) is 0 Å². The monoisotopic (exact) mass is 405 g/mol. The topological polar surface area (TPSA) is 116 Å². The molecule has 140 valence electrons. The lowest BCUT2D eigenvalue weighted by Gasteiger charge is -2.08. The van der Waals surface area contributed by atoms with Gasteiger partial charge in [-0.1, -0.05) is 29.4 Å². The molecule has 0 saturated carbocycles. The number of halogens is 1. The molecule has 2 heterocycles. The highest BCUT2D eigenvalue weighted by Crippen LogP contribution is 2.25. The van der Waals surface area contributed by atoms with Gasteiger partial charge in [-0.15, -0.1) is 10.2 Å². The molecule has 0 unspecified atom stereocenters. The summed E-state index contributed by atoms with van der Waals surface area (Å²) in [5.41, 5.74) is 6.84. The molecule has 0 atom stereocenters. The van der Waals surface area contributed by atoms with Gasteiger partial charge in [-0.2, -0.15) is 0 Å². The lowest BCUT2D eigenvalue weighted by Crippen LogP contribution is -2.20. The van der Waals surface area contributed by atoms with E-state index in [2.05, 4.69) is 15.5 Å². The van der Waals surface area contributed by atoms with Crippen LogP contribution in [0.2, 0.25) is 5.02 Å².